The molecule has 0 fully saturated rings. The van der Waals surface area contributed by atoms with Crippen molar-refractivity contribution in [2.24, 2.45) is 0 Å². The van der Waals surface area contributed by atoms with Crippen LogP contribution >= 0.6 is 0 Å². The van der Waals surface area contributed by atoms with Gasteiger partial charge in [0.2, 0.25) is 12.6 Å². The zero-order chi connectivity index (χ0) is 14.8. The molecule has 0 saturated carbocycles. The van der Waals surface area contributed by atoms with E-state index in [9.17, 15) is 0 Å². The summed E-state index contributed by atoms with van der Waals surface area (Å²) >= 11 is 0. The van der Waals surface area contributed by atoms with Crippen LogP contribution in [0.3, 0.4) is 0 Å². The maximum absolute atomic E-state index is 5.35. The summed E-state index contributed by atoms with van der Waals surface area (Å²) in [5.41, 5.74) is 1.96. The third kappa shape index (κ3) is 2.46. The second-order valence-electron chi connectivity index (χ2n) is 4.83. The molecule has 1 N–H and O–H groups in total. The van der Waals surface area contributed by atoms with Crippen molar-refractivity contribution in [3.8, 4) is 22.9 Å². The third-order valence-corrected chi connectivity index (χ3v) is 3.34. The van der Waals surface area contributed by atoms with Gasteiger partial charge in [-0.15, -0.1) is 0 Å². The quantitative estimate of drug-likeness (QED) is 0.797. The maximum atomic E-state index is 5.35. The van der Waals surface area contributed by atoms with Gasteiger partial charge >= 0.3 is 6.01 Å². The molecule has 110 valence electrons. The standard InChI is InChI=1S/C16H13N3O3/c1-2-4-12(5-3-1)15-18-16(22-19-15)17-9-11-6-7-13-14(8-11)21-10-20-13/h1-8H,9-10H2,(H,17,18,19). The Morgan fingerprint density at radius 1 is 1.00 bits per heavy atom. The normalized spacial score (nSPS) is 12.4. The predicted molar refractivity (Wildman–Crippen MR) is 79.6 cm³/mol. The van der Waals surface area contributed by atoms with Crippen LogP contribution in [0.5, 0.6) is 11.5 Å². The molecular formula is C16H13N3O3. The van der Waals surface area contributed by atoms with Crippen LogP contribution in [0.2, 0.25) is 0 Å². The Balaban J connectivity index is 1.45. The smallest absolute Gasteiger partial charge is 0.322 e. The van der Waals surface area contributed by atoms with Crippen LogP contribution in [0.25, 0.3) is 11.4 Å². The molecule has 0 unspecified atom stereocenters. The number of benzene rings is 2. The second-order valence-corrected chi connectivity index (χ2v) is 4.83. The van der Waals surface area contributed by atoms with Crippen LogP contribution in [0.4, 0.5) is 6.01 Å². The van der Waals surface area contributed by atoms with Crippen molar-refractivity contribution in [2.45, 2.75) is 6.54 Å². The summed E-state index contributed by atoms with van der Waals surface area (Å²) < 4.78 is 15.8. The first-order valence-electron chi connectivity index (χ1n) is 6.90. The van der Waals surface area contributed by atoms with Crippen LogP contribution < -0.4 is 14.8 Å². The summed E-state index contributed by atoms with van der Waals surface area (Å²) in [5, 5.41) is 7.07. The molecule has 4 rings (SSSR count). The number of hydrogen-bond acceptors (Lipinski definition) is 6. The molecule has 0 aliphatic carbocycles. The summed E-state index contributed by atoms with van der Waals surface area (Å²) in [6.45, 7) is 0.837. The zero-order valence-electron chi connectivity index (χ0n) is 11.7. The first kappa shape index (κ1) is 12.7. The molecule has 1 aliphatic rings. The molecule has 22 heavy (non-hydrogen) atoms. The molecule has 0 bridgehead atoms. The summed E-state index contributed by atoms with van der Waals surface area (Å²) in [5.74, 6) is 2.09. The van der Waals surface area contributed by atoms with Crippen molar-refractivity contribution in [2.75, 3.05) is 12.1 Å². The summed E-state index contributed by atoms with van der Waals surface area (Å²) in [4.78, 5) is 4.32. The molecule has 2 heterocycles. The number of aromatic nitrogens is 2. The van der Waals surface area contributed by atoms with Gasteiger partial charge in [-0.05, 0) is 17.7 Å². The van der Waals surface area contributed by atoms with Crippen LogP contribution in [0, 0.1) is 0 Å². The minimum Gasteiger partial charge on any atom is -0.454 e. The van der Waals surface area contributed by atoms with Gasteiger partial charge in [-0.25, -0.2) is 0 Å². The SMILES string of the molecule is c1ccc(-c2noc(NCc3ccc4c(c3)OCO4)n2)cc1. The zero-order valence-corrected chi connectivity index (χ0v) is 11.7. The highest BCUT2D eigenvalue weighted by molar-refractivity contribution is 5.55. The van der Waals surface area contributed by atoms with Gasteiger partial charge in [-0.3, -0.25) is 0 Å². The van der Waals surface area contributed by atoms with Gasteiger partial charge in [-0.2, -0.15) is 4.98 Å². The molecule has 1 aliphatic heterocycles. The fourth-order valence-electron chi connectivity index (χ4n) is 2.23. The van der Waals surface area contributed by atoms with Crippen LogP contribution in [-0.4, -0.2) is 16.9 Å². The lowest BCUT2D eigenvalue weighted by molar-refractivity contribution is 0.174. The van der Waals surface area contributed by atoms with Crippen molar-refractivity contribution < 1.29 is 14.0 Å². The first-order chi connectivity index (χ1) is 10.9. The number of hydrogen-bond donors (Lipinski definition) is 1. The van der Waals surface area contributed by atoms with Gasteiger partial charge in [0, 0.05) is 12.1 Å². The highest BCUT2D eigenvalue weighted by Gasteiger charge is 2.13. The molecule has 0 saturated heterocycles. The van der Waals surface area contributed by atoms with E-state index in [1.165, 1.54) is 0 Å². The van der Waals surface area contributed by atoms with E-state index in [4.69, 9.17) is 14.0 Å². The number of ether oxygens (including phenoxy) is 2. The Morgan fingerprint density at radius 2 is 1.86 bits per heavy atom. The average Bonchev–Trinajstić information content (AvgIpc) is 3.22. The highest BCUT2D eigenvalue weighted by atomic mass is 16.7. The van der Waals surface area contributed by atoms with E-state index in [0.717, 1.165) is 22.6 Å². The molecule has 0 amide bonds. The molecule has 0 atom stereocenters. The Kier molecular flexibility index (Phi) is 3.12. The van der Waals surface area contributed by atoms with Crippen molar-refractivity contribution in [1.82, 2.24) is 10.1 Å². The fraction of sp³-hybridized carbons (Fsp3) is 0.125. The first-order valence-corrected chi connectivity index (χ1v) is 6.90. The lowest BCUT2D eigenvalue weighted by Gasteiger charge is -2.02. The van der Waals surface area contributed by atoms with E-state index in [2.05, 4.69) is 15.5 Å². The van der Waals surface area contributed by atoms with Gasteiger partial charge in [0.05, 0.1) is 0 Å². The lowest BCUT2D eigenvalue weighted by atomic mass is 10.2. The van der Waals surface area contributed by atoms with Crippen molar-refractivity contribution in [3.63, 3.8) is 0 Å². The van der Waals surface area contributed by atoms with E-state index < -0.39 is 0 Å². The van der Waals surface area contributed by atoms with E-state index >= 15 is 0 Å². The van der Waals surface area contributed by atoms with E-state index in [0.29, 0.717) is 18.4 Å². The minimum atomic E-state index is 0.274. The molecule has 2 aromatic carbocycles. The van der Waals surface area contributed by atoms with Crippen LogP contribution in [-0.2, 0) is 6.54 Å². The average molecular weight is 295 g/mol. The molecule has 3 aromatic rings. The van der Waals surface area contributed by atoms with Crippen LogP contribution in [0.1, 0.15) is 5.56 Å². The number of anilines is 1. The second kappa shape index (κ2) is 5.40. The van der Waals surface area contributed by atoms with Crippen molar-refractivity contribution in [1.29, 1.82) is 0 Å². The van der Waals surface area contributed by atoms with Crippen LogP contribution in [0.15, 0.2) is 53.1 Å². The highest BCUT2D eigenvalue weighted by Crippen LogP contribution is 2.32. The number of fused-ring (bicyclic) bond motifs is 1. The topological polar surface area (TPSA) is 69.4 Å². The minimum absolute atomic E-state index is 0.274. The maximum Gasteiger partial charge on any atom is 0.322 e. The van der Waals surface area contributed by atoms with Crippen molar-refractivity contribution in [3.05, 3.63) is 54.1 Å². The molecule has 6 heteroatoms. The van der Waals surface area contributed by atoms with E-state index in [-0.39, 0.29) is 6.79 Å². The molecule has 0 spiro atoms. The van der Waals surface area contributed by atoms with Gasteiger partial charge in [0.15, 0.2) is 11.5 Å². The van der Waals surface area contributed by atoms with E-state index in [1.807, 2.05) is 48.5 Å². The molecule has 0 radical (unpaired) electrons. The largest absolute Gasteiger partial charge is 0.454 e. The molecular weight excluding hydrogens is 282 g/mol. The van der Waals surface area contributed by atoms with Gasteiger partial charge in [0.25, 0.3) is 0 Å². The fourth-order valence-corrected chi connectivity index (χ4v) is 2.23. The monoisotopic (exact) mass is 295 g/mol. The van der Waals surface area contributed by atoms with Crippen molar-refractivity contribution >= 4 is 6.01 Å². The molecule has 1 aromatic heterocycles. The lowest BCUT2D eigenvalue weighted by Crippen LogP contribution is -1.99. The van der Waals surface area contributed by atoms with Gasteiger partial charge < -0.3 is 19.3 Å². The Hall–Kier alpha value is -3.02. The number of nitrogens with zero attached hydrogens (tertiary/aromatic N) is 2. The predicted octanol–water partition coefficient (Wildman–Crippen LogP) is 3.08. The van der Waals surface area contributed by atoms with Gasteiger partial charge in [0.1, 0.15) is 0 Å². The summed E-state index contributed by atoms with van der Waals surface area (Å²) in [6, 6.07) is 15.9. The van der Waals surface area contributed by atoms with E-state index in [1.54, 1.807) is 0 Å². The Morgan fingerprint density at radius 3 is 2.77 bits per heavy atom. The Labute approximate surface area is 126 Å². The number of rotatable bonds is 4. The summed E-state index contributed by atoms with van der Waals surface area (Å²) in [7, 11) is 0. The number of nitrogens with one attached hydrogen (secondary N) is 1. The van der Waals surface area contributed by atoms with Gasteiger partial charge in [-0.1, -0.05) is 41.6 Å². The summed E-state index contributed by atoms with van der Waals surface area (Å²) in [6.07, 6.45) is 0. The Bertz CT molecular complexity index is 786. The molecule has 6 nitrogen and oxygen atoms in total. The third-order valence-electron chi connectivity index (χ3n) is 3.34.